The number of halogens is 3. The molecule has 0 spiro atoms. The molecule has 0 radical (unpaired) electrons. The van der Waals surface area contributed by atoms with Gasteiger partial charge in [-0.2, -0.15) is 17.5 Å². The SMILES string of the molecule is C[C@@H](N1CCN(S(=O)(=O)c2cccc3cnccc23)CC1)C(F)(F)F. The first kappa shape index (κ1) is 18.1. The third kappa shape index (κ3) is 3.49. The van der Waals surface area contributed by atoms with Crippen molar-refractivity contribution in [3.8, 4) is 0 Å². The molecule has 1 aliphatic heterocycles. The van der Waals surface area contributed by atoms with Crippen LogP contribution < -0.4 is 0 Å². The van der Waals surface area contributed by atoms with Crippen molar-refractivity contribution in [3.05, 3.63) is 36.7 Å². The number of aromatic nitrogens is 1. The Kier molecular flexibility index (Phi) is 4.74. The van der Waals surface area contributed by atoms with Crippen molar-refractivity contribution >= 4 is 20.8 Å². The van der Waals surface area contributed by atoms with Gasteiger partial charge in [-0.25, -0.2) is 8.42 Å². The van der Waals surface area contributed by atoms with Crippen LogP contribution >= 0.6 is 0 Å². The summed E-state index contributed by atoms with van der Waals surface area (Å²) >= 11 is 0. The second-order valence-electron chi connectivity index (χ2n) is 6.01. The van der Waals surface area contributed by atoms with Gasteiger partial charge in [-0.05, 0) is 19.1 Å². The van der Waals surface area contributed by atoms with Gasteiger partial charge >= 0.3 is 6.18 Å². The minimum absolute atomic E-state index is 0.0320. The molecule has 2 heterocycles. The van der Waals surface area contributed by atoms with Crippen molar-refractivity contribution in [2.45, 2.75) is 24.0 Å². The number of nitrogens with zero attached hydrogens (tertiary/aromatic N) is 3. The molecule has 1 aromatic carbocycles. The molecule has 1 saturated heterocycles. The van der Waals surface area contributed by atoms with Crippen molar-refractivity contribution in [2.24, 2.45) is 0 Å². The number of sulfonamides is 1. The van der Waals surface area contributed by atoms with Crippen LogP contribution in [-0.4, -0.2) is 61.0 Å². The number of benzene rings is 1. The van der Waals surface area contributed by atoms with E-state index in [2.05, 4.69) is 4.98 Å². The molecule has 0 N–H and O–H groups in total. The highest BCUT2D eigenvalue weighted by Gasteiger charge is 2.42. The molecule has 1 fully saturated rings. The van der Waals surface area contributed by atoms with Gasteiger partial charge in [0.05, 0.1) is 4.90 Å². The van der Waals surface area contributed by atoms with Gasteiger partial charge in [0, 0.05) is 49.3 Å². The number of fused-ring (bicyclic) bond motifs is 1. The molecule has 0 unspecified atom stereocenters. The Balaban J connectivity index is 1.83. The quantitative estimate of drug-likeness (QED) is 0.830. The van der Waals surface area contributed by atoms with Crippen LogP contribution in [0.2, 0.25) is 0 Å². The summed E-state index contributed by atoms with van der Waals surface area (Å²) in [6.07, 6.45) is -1.22. The zero-order chi connectivity index (χ0) is 18.2. The Morgan fingerprint density at radius 1 is 1.12 bits per heavy atom. The Morgan fingerprint density at radius 3 is 2.44 bits per heavy atom. The van der Waals surface area contributed by atoms with Crippen molar-refractivity contribution in [1.82, 2.24) is 14.2 Å². The average Bonchev–Trinajstić information content (AvgIpc) is 2.60. The Morgan fingerprint density at radius 2 is 1.80 bits per heavy atom. The maximum absolute atomic E-state index is 12.9. The van der Waals surface area contributed by atoms with Crippen LogP contribution in [0, 0.1) is 0 Å². The number of piperazine rings is 1. The molecule has 2 aromatic rings. The molecular formula is C16H18F3N3O2S. The van der Waals surface area contributed by atoms with Crippen LogP contribution in [0.3, 0.4) is 0 Å². The van der Waals surface area contributed by atoms with E-state index >= 15 is 0 Å². The number of rotatable bonds is 3. The number of hydrogen-bond acceptors (Lipinski definition) is 4. The van der Waals surface area contributed by atoms with Gasteiger partial charge in [0.1, 0.15) is 6.04 Å². The van der Waals surface area contributed by atoms with Crippen molar-refractivity contribution in [1.29, 1.82) is 0 Å². The fraction of sp³-hybridized carbons (Fsp3) is 0.438. The first-order valence-corrected chi connectivity index (χ1v) is 9.29. The van der Waals surface area contributed by atoms with Gasteiger partial charge in [-0.3, -0.25) is 9.88 Å². The van der Waals surface area contributed by atoms with Gasteiger partial charge in [-0.1, -0.05) is 12.1 Å². The van der Waals surface area contributed by atoms with E-state index in [1.165, 1.54) is 21.5 Å². The molecule has 1 atom stereocenters. The smallest absolute Gasteiger partial charge is 0.290 e. The topological polar surface area (TPSA) is 53.5 Å². The normalized spacial score (nSPS) is 19.2. The molecule has 136 valence electrons. The third-order valence-corrected chi connectivity index (χ3v) is 6.51. The Hall–Kier alpha value is -1.71. The van der Waals surface area contributed by atoms with E-state index in [-0.39, 0.29) is 31.1 Å². The van der Waals surface area contributed by atoms with E-state index in [9.17, 15) is 21.6 Å². The minimum atomic E-state index is -4.32. The number of pyridine rings is 1. The summed E-state index contributed by atoms with van der Waals surface area (Å²) in [4.78, 5) is 5.40. The summed E-state index contributed by atoms with van der Waals surface area (Å²) in [6, 6.07) is 4.97. The van der Waals surface area contributed by atoms with E-state index in [4.69, 9.17) is 0 Å². The summed E-state index contributed by atoms with van der Waals surface area (Å²) in [5.74, 6) is 0. The zero-order valence-electron chi connectivity index (χ0n) is 13.6. The second-order valence-corrected chi connectivity index (χ2v) is 7.92. The Bertz CT molecular complexity index is 857. The van der Waals surface area contributed by atoms with Gasteiger partial charge in [0.15, 0.2) is 0 Å². The molecule has 0 bridgehead atoms. The lowest BCUT2D eigenvalue weighted by molar-refractivity contribution is -0.181. The Labute approximate surface area is 144 Å². The fourth-order valence-corrected chi connectivity index (χ4v) is 4.63. The van der Waals surface area contributed by atoms with Gasteiger partial charge < -0.3 is 0 Å². The average molecular weight is 373 g/mol. The van der Waals surface area contributed by atoms with Crippen molar-refractivity contribution < 1.29 is 21.6 Å². The van der Waals surface area contributed by atoms with Crippen molar-refractivity contribution in [2.75, 3.05) is 26.2 Å². The molecule has 9 heteroatoms. The van der Waals surface area contributed by atoms with Gasteiger partial charge in [0.2, 0.25) is 10.0 Å². The van der Waals surface area contributed by atoms with E-state index in [1.54, 1.807) is 24.4 Å². The predicted molar refractivity (Wildman–Crippen MR) is 87.6 cm³/mol. The maximum Gasteiger partial charge on any atom is 0.403 e. The molecule has 1 aromatic heterocycles. The minimum Gasteiger partial charge on any atom is -0.290 e. The van der Waals surface area contributed by atoms with E-state index in [1.807, 2.05) is 0 Å². The molecule has 0 amide bonds. The van der Waals surface area contributed by atoms with Crippen LogP contribution in [0.1, 0.15) is 6.92 Å². The van der Waals surface area contributed by atoms with Crippen LogP contribution in [0.5, 0.6) is 0 Å². The first-order valence-electron chi connectivity index (χ1n) is 7.85. The lowest BCUT2D eigenvalue weighted by atomic mass is 10.2. The summed E-state index contributed by atoms with van der Waals surface area (Å²) in [6.45, 7) is 1.26. The summed E-state index contributed by atoms with van der Waals surface area (Å²) in [5, 5.41) is 1.26. The molecular weight excluding hydrogens is 355 g/mol. The maximum atomic E-state index is 12.9. The fourth-order valence-electron chi connectivity index (χ4n) is 3.00. The second kappa shape index (κ2) is 6.54. The molecule has 0 saturated carbocycles. The molecule has 0 aliphatic carbocycles. The van der Waals surface area contributed by atoms with E-state index in [0.717, 1.165) is 6.92 Å². The summed E-state index contributed by atoms with van der Waals surface area (Å²) < 4.78 is 65.6. The van der Waals surface area contributed by atoms with Gasteiger partial charge in [0.25, 0.3) is 0 Å². The highest BCUT2D eigenvalue weighted by molar-refractivity contribution is 7.89. The van der Waals surface area contributed by atoms with Gasteiger partial charge in [-0.15, -0.1) is 0 Å². The highest BCUT2D eigenvalue weighted by Crippen LogP contribution is 2.28. The lowest BCUT2D eigenvalue weighted by Gasteiger charge is -2.38. The van der Waals surface area contributed by atoms with Crippen molar-refractivity contribution in [3.63, 3.8) is 0 Å². The highest BCUT2D eigenvalue weighted by atomic mass is 32.2. The molecule has 3 rings (SSSR count). The zero-order valence-corrected chi connectivity index (χ0v) is 14.4. The summed E-state index contributed by atoms with van der Waals surface area (Å²) in [5.41, 5.74) is 0. The van der Waals surface area contributed by atoms with E-state index < -0.39 is 22.2 Å². The lowest BCUT2D eigenvalue weighted by Crippen LogP contribution is -2.54. The van der Waals surface area contributed by atoms with Crippen LogP contribution in [0.25, 0.3) is 10.8 Å². The van der Waals surface area contributed by atoms with Crippen LogP contribution in [0.4, 0.5) is 13.2 Å². The third-order valence-electron chi connectivity index (χ3n) is 4.55. The standard InChI is InChI=1S/C16H18F3N3O2S/c1-12(16(17,18)19)21-7-9-22(10-8-21)25(23,24)15-4-2-3-13-11-20-6-5-14(13)15/h2-6,11-12H,7-10H2,1H3/t12-/m1/s1. The van der Waals surface area contributed by atoms with E-state index in [0.29, 0.717) is 10.8 Å². The molecule has 25 heavy (non-hydrogen) atoms. The summed E-state index contributed by atoms with van der Waals surface area (Å²) in [7, 11) is -3.78. The first-order chi connectivity index (χ1) is 11.7. The molecule has 1 aliphatic rings. The largest absolute Gasteiger partial charge is 0.403 e. The molecule has 5 nitrogen and oxygen atoms in total. The number of hydrogen-bond donors (Lipinski definition) is 0. The van der Waals surface area contributed by atoms with Crippen LogP contribution in [-0.2, 0) is 10.0 Å². The predicted octanol–water partition coefficient (Wildman–Crippen LogP) is 2.49. The monoisotopic (exact) mass is 373 g/mol. The van der Waals surface area contributed by atoms with Crippen LogP contribution in [0.15, 0.2) is 41.6 Å². The number of alkyl halides is 3.